The summed E-state index contributed by atoms with van der Waals surface area (Å²) in [6.07, 6.45) is 5.14. The summed E-state index contributed by atoms with van der Waals surface area (Å²) < 4.78 is 15.7. The van der Waals surface area contributed by atoms with E-state index in [1.165, 1.54) is 0 Å². The van der Waals surface area contributed by atoms with Crippen LogP contribution in [0, 0.1) is 11.8 Å². The third-order valence-electron chi connectivity index (χ3n) is 3.65. The molecule has 2 fully saturated rings. The molecule has 92 valence electrons. The van der Waals surface area contributed by atoms with Crippen molar-refractivity contribution in [3.8, 4) is 0 Å². The lowest BCUT2D eigenvalue weighted by Gasteiger charge is -2.18. The van der Waals surface area contributed by atoms with E-state index in [9.17, 15) is 4.79 Å². The molecule has 5 heteroatoms. The molecule has 0 spiro atoms. The Morgan fingerprint density at radius 3 is 2.94 bits per heavy atom. The Kier molecular flexibility index (Phi) is 3.89. The minimum Gasteiger partial charge on any atom is -0.462 e. The number of methoxy groups -OCH3 is 2. The van der Waals surface area contributed by atoms with Gasteiger partial charge in [0.25, 0.3) is 0 Å². The van der Waals surface area contributed by atoms with E-state index in [-0.39, 0.29) is 30.0 Å². The van der Waals surface area contributed by atoms with E-state index in [2.05, 4.69) is 0 Å². The van der Waals surface area contributed by atoms with Gasteiger partial charge in [-0.15, -0.1) is 0 Å². The van der Waals surface area contributed by atoms with E-state index in [0.29, 0.717) is 6.42 Å². The van der Waals surface area contributed by atoms with Gasteiger partial charge in [0.1, 0.15) is 14.0 Å². The monoisotopic (exact) mass is 236 g/mol. The molecule has 4 nitrogen and oxygen atoms in total. The van der Waals surface area contributed by atoms with Crippen molar-refractivity contribution in [2.45, 2.75) is 31.1 Å². The molecule has 2 aliphatic rings. The molecule has 0 aromatic heterocycles. The first-order chi connectivity index (χ1) is 8.15. The van der Waals surface area contributed by atoms with Gasteiger partial charge in [-0.3, -0.25) is 4.79 Å². The number of carbonyl (C=O) groups is 1. The predicted octanol–water partition coefficient (Wildman–Crippen LogP) is 0.650. The Morgan fingerprint density at radius 2 is 2.29 bits per heavy atom. The number of ether oxygens (including phenoxy) is 3. The zero-order valence-corrected chi connectivity index (χ0v) is 10.2. The lowest BCUT2D eigenvalue weighted by atomic mass is 9.89. The molecule has 0 N–H and O–H groups in total. The Hall–Kier alpha value is -0.805. The number of esters is 1. The number of hydrogen-bond donors (Lipinski definition) is 0. The Balaban J connectivity index is 2.06. The van der Waals surface area contributed by atoms with Crippen LogP contribution in [0.25, 0.3) is 0 Å². The van der Waals surface area contributed by atoms with Crippen LogP contribution in [-0.2, 0) is 19.0 Å². The van der Waals surface area contributed by atoms with Crippen molar-refractivity contribution in [2.75, 3.05) is 14.2 Å². The third-order valence-corrected chi connectivity index (χ3v) is 3.65. The van der Waals surface area contributed by atoms with Gasteiger partial charge >= 0.3 is 5.97 Å². The first-order valence-corrected chi connectivity index (χ1v) is 5.84. The molecule has 1 aliphatic carbocycles. The second kappa shape index (κ2) is 5.23. The fourth-order valence-corrected chi connectivity index (χ4v) is 2.73. The molecule has 1 aliphatic heterocycles. The summed E-state index contributed by atoms with van der Waals surface area (Å²) in [5.41, 5.74) is 0. The highest BCUT2D eigenvalue weighted by Crippen LogP contribution is 2.43. The Morgan fingerprint density at radius 1 is 1.53 bits per heavy atom. The summed E-state index contributed by atoms with van der Waals surface area (Å²) in [5, 5.41) is 0. The van der Waals surface area contributed by atoms with Crippen molar-refractivity contribution in [3.05, 3.63) is 12.2 Å². The van der Waals surface area contributed by atoms with Gasteiger partial charge in [-0.2, -0.15) is 0 Å². The molecule has 2 radical (unpaired) electrons. The Labute approximate surface area is 103 Å². The van der Waals surface area contributed by atoms with Gasteiger partial charge in [0, 0.05) is 38.5 Å². The van der Waals surface area contributed by atoms with E-state index in [1.54, 1.807) is 14.2 Å². The van der Waals surface area contributed by atoms with Gasteiger partial charge in [0.2, 0.25) is 0 Å². The lowest BCUT2D eigenvalue weighted by molar-refractivity contribution is -0.142. The maximum atomic E-state index is 11.3. The van der Waals surface area contributed by atoms with Crippen LogP contribution in [0.15, 0.2) is 12.2 Å². The summed E-state index contributed by atoms with van der Waals surface area (Å²) in [6, 6.07) is -0.412. The Bertz CT molecular complexity index is 318. The fourth-order valence-electron chi connectivity index (χ4n) is 2.73. The van der Waals surface area contributed by atoms with Crippen LogP contribution in [0.3, 0.4) is 0 Å². The first-order valence-electron chi connectivity index (χ1n) is 5.84. The topological polar surface area (TPSA) is 44.8 Å². The van der Waals surface area contributed by atoms with E-state index in [4.69, 9.17) is 22.1 Å². The van der Waals surface area contributed by atoms with Crippen molar-refractivity contribution in [1.82, 2.24) is 0 Å². The second-order valence-corrected chi connectivity index (χ2v) is 4.57. The summed E-state index contributed by atoms with van der Waals surface area (Å²) in [7, 11) is 8.90. The second-order valence-electron chi connectivity index (χ2n) is 4.57. The van der Waals surface area contributed by atoms with Crippen molar-refractivity contribution < 1.29 is 19.0 Å². The minimum atomic E-state index is -0.412. The molecule has 0 aromatic rings. The maximum Gasteiger partial charge on any atom is 0.306 e. The van der Waals surface area contributed by atoms with Crippen LogP contribution < -0.4 is 0 Å². The highest BCUT2D eigenvalue weighted by atomic mass is 16.6. The molecule has 2 rings (SSSR count). The molecular weight excluding hydrogens is 219 g/mol. The van der Waals surface area contributed by atoms with Crippen LogP contribution in [0.4, 0.5) is 0 Å². The van der Waals surface area contributed by atoms with Crippen LogP contribution in [0.5, 0.6) is 0 Å². The van der Waals surface area contributed by atoms with E-state index < -0.39 is 6.00 Å². The van der Waals surface area contributed by atoms with Gasteiger partial charge < -0.3 is 14.2 Å². The number of hydrogen-bond acceptors (Lipinski definition) is 4. The molecule has 1 saturated heterocycles. The van der Waals surface area contributed by atoms with Crippen molar-refractivity contribution in [3.63, 3.8) is 0 Å². The quantitative estimate of drug-likeness (QED) is 0.408. The third kappa shape index (κ3) is 2.55. The zero-order chi connectivity index (χ0) is 12.4. The summed E-state index contributed by atoms with van der Waals surface area (Å²) in [6.45, 7) is 0. The van der Waals surface area contributed by atoms with E-state index in [0.717, 1.165) is 6.42 Å². The van der Waals surface area contributed by atoms with Gasteiger partial charge in [-0.25, -0.2) is 0 Å². The molecule has 17 heavy (non-hydrogen) atoms. The number of rotatable bonds is 4. The SMILES string of the molecule is [B]C(C=C[C@@H]1[C@H]2CC(=O)O[C@H]2C[C@H]1OC)OC. The smallest absolute Gasteiger partial charge is 0.306 e. The molecule has 0 bridgehead atoms. The van der Waals surface area contributed by atoms with Crippen LogP contribution in [-0.4, -0.2) is 46.2 Å². The molecule has 0 amide bonds. The van der Waals surface area contributed by atoms with Gasteiger partial charge in [0.15, 0.2) is 0 Å². The molecule has 1 unspecified atom stereocenters. The van der Waals surface area contributed by atoms with Crippen molar-refractivity contribution in [1.29, 1.82) is 0 Å². The van der Waals surface area contributed by atoms with Gasteiger partial charge in [-0.1, -0.05) is 12.2 Å². The standard InChI is InChI=1S/C12H17BO4/c1-15-9-6-10-8(5-12(14)17-10)7(9)3-4-11(13)16-2/h3-4,7-11H,5-6H2,1-2H3/t7-,8-,9-,10+,11?/m1/s1. The average Bonchev–Trinajstić information content (AvgIpc) is 2.81. The van der Waals surface area contributed by atoms with Crippen molar-refractivity contribution in [2.24, 2.45) is 11.8 Å². The van der Waals surface area contributed by atoms with Gasteiger partial charge in [0.05, 0.1) is 12.5 Å². The summed E-state index contributed by atoms with van der Waals surface area (Å²) in [5.74, 6) is 0.286. The number of fused-ring (bicyclic) bond motifs is 1. The minimum absolute atomic E-state index is 0.000805. The first kappa shape index (κ1) is 12.6. The van der Waals surface area contributed by atoms with E-state index >= 15 is 0 Å². The summed E-state index contributed by atoms with van der Waals surface area (Å²) >= 11 is 0. The molecule has 0 aromatic carbocycles. The average molecular weight is 236 g/mol. The largest absolute Gasteiger partial charge is 0.462 e. The molecular formula is C12H17BO4. The highest BCUT2D eigenvalue weighted by Gasteiger charge is 2.49. The zero-order valence-electron chi connectivity index (χ0n) is 10.2. The molecule has 5 atom stereocenters. The van der Waals surface area contributed by atoms with E-state index in [1.807, 2.05) is 12.2 Å². The molecule has 1 saturated carbocycles. The molecule has 1 heterocycles. The van der Waals surface area contributed by atoms with Crippen LogP contribution >= 0.6 is 0 Å². The van der Waals surface area contributed by atoms with Crippen molar-refractivity contribution >= 4 is 13.8 Å². The highest BCUT2D eigenvalue weighted by molar-refractivity contribution is 6.12. The lowest BCUT2D eigenvalue weighted by Crippen LogP contribution is -2.20. The summed E-state index contributed by atoms with van der Waals surface area (Å²) in [4.78, 5) is 11.3. The fraction of sp³-hybridized carbons (Fsp3) is 0.750. The van der Waals surface area contributed by atoms with Crippen LogP contribution in [0.1, 0.15) is 12.8 Å². The number of carbonyl (C=O) groups excluding carboxylic acids is 1. The predicted molar refractivity (Wildman–Crippen MR) is 62.6 cm³/mol. The van der Waals surface area contributed by atoms with Gasteiger partial charge in [-0.05, 0) is 0 Å². The normalized spacial score (nSPS) is 38.4. The maximum absolute atomic E-state index is 11.3. The van der Waals surface area contributed by atoms with Crippen LogP contribution in [0.2, 0.25) is 0 Å².